The highest BCUT2D eigenvalue weighted by Gasteiger charge is 2.15. The Labute approximate surface area is 166 Å². The lowest BCUT2D eigenvalue weighted by molar-refractivity contribution is -0.130. The number of rotatable bonds is 6. The van der Waals surface area contributed by atoms with Crippen molar-refractivity contribution in [3.8, 4) is 0 Å². The van der Waals surface area contributed by atoms with Gasteiger partial charge in [0.2, 0.25) is 5.91 Å². The summed E-state index contributed by atoms with van der Waals surface area (Å²) in [6.45, 7) is 0.969. The zero-order chi connectivity index (χ0) is 20.4. The first-order chi connectivity index (χ1) is 13.3. The second-order valence-electron chi connectivity index (χ2n) is 6.80. The number of carbonyl (C=O) groups is 1. The molecule has 0 saturated carbocycles. The van der Waals surface area contributed by atoms with Crippen molar-refractivity contribution < 1.29 is 4.79 Å². The molecule has 0 unspecified atom stereocenters. The van der Waals surface area contributed by atoms with E-state index in [0.717, 1.165) is 10.1 Å². The lowest BCUT2D eigenvalue weighted by atomic mass is 10.2. The second kappa shape index (κ2) is 8.02. The lowest BCUT2D eigenvalue weighted by Gasteiger charge is -2.17. The third-order valence-corrected chi connectivity index (χ3v) is 5.02. The molecule has 0 aliphatic carbocycles. The Bertz CT molecular complexity index is 1130. The van der Waals surface area contributed by atoms with Crippen LogP contribution in [-0.4, -0.2) is 36.5 Å². The summed E-state index contributed by atoms with van der Waals surface area (Å²) in [5.41, 5.74) is 0.916. The molecule has 148 valence electrons. The molecule has 0 radical (unpaired) electrons. The molecular formula is C19H22ClN5O3. The molecule has 2 heterocycles. The highest BCUT2D eigenvalue weighted by atomic mass is 35.5. The fourth-order valence-electron chi connectivity index (χ4n) is 3.11. The van der Waals surface area contributed by atoms with Crippen LogP contribution in [0.2, 0.25) is 5.02 Å². The first-order valence-electron chi connectivity index (χ1n) is 8.89. The van der Waals surface area contributed by atoms with Crippen LogP contribution in [0.3, 0.4) is 0 Å². The Morgan fingerprint density at radius 1 is 1.14 bits per heavy atom. The van der Waals surface area contributed by atoms with Crippen LogP contribution in [0.4, 0.5) is 0 Å². The van der Waals surface area contributed by atoms with Crippen molar-refractivity contribution in [3.05, 3.63) is 62.0 Å². The van der Waals surface area contributed by atoms with E-state index in [1.165, 1.54) is 17.9 Å². The van der Waals surface area contributed by atoms with Crippen LogP contribution in [0.1, 0.15) is 18.4 Å². The third-order valence-electron chi connectivity index (χ3n) is 4.77. The Balaban J connectivity index is 1.65. The number of carbonyl (C=O) groups excluding carboxylic acids is 1. The van der Waals surface area contributed by atoms with E-state index in [9.17, 15) is 14.4 Å². The van der Waals surface area contributed by atoms with Crippen molar-refractivity contribution in [1.29, 1.82) is 0 Å². The molecular weight excluding hydrogens is 382 g/mol. The van der Waals surface area contributed by atoms with Gasteiger partial charge in [-0.05, 0) is 24.1 Å². The van der Waals surface area contributed by atoms with Gasteiger partial charge in [0.05, 0.1) is 6.33 Å². The number of nitrogens with zero attached hydrogens (tertiary/aromatic N) is 5. The summed E-state index contributed by atoms with van der Waals surface area (Å²) in [6.07, 6.45) is 2.44. The Morgan fingerprint density at radius 2 is 1.82 bits per heavy atom. The maximum atomic E-state index is 12.4. The lowest BCUT2D eigenvalue weighted by Crippen LogP contribution is -2.37. The molecule has 0 saturated heterocycles. The van der Waals surface area contributed by atoms with E-state index in [0.29, 0.717) is 42.1 Å². The van der Waals surface area contributed by atoms with E-state index < -0.39 is 5.69 Å². The third kappa shape index (κ3) is 3.87. The van der Waals surface area contributed by atoms with Gasteiger partial charge in [-0.15, -0.1) is 0 Å². The maximum Gasteiger partial charge on any atom is 0.332 e. The van der Waals surface area contributed by atoms with Crippen LogP contribution in [0.15, 0.2) is 40.2 Å². The molecule has 3 rings (SSSR count). The van der Waals surface area contributed by atoms with Crippen molar-refractivity contribution in [2.75, 3.05) is 7.05 Å². The van der Waals surface area contributed by atoms with Gasteiger partial charge < -0.3 is 9.47 Å². The minimum Gasteiger partial charge on any atom is -0.341 e. The molecule has 0 bridgehead atoms. The molecule has 0 aliphatic heterocycles. The molecule has 28 heavy (non-hydrogen) atoms. The topological polar surface area (TPSA) is 82.1 Å². The number of fused-ring (bicyclic) bond motifs is 1. The summed E-state index contributed by atoms with van der Waals surface area (Å²) >= 11 is 5.88. The number of imidazole rings is 1. The first-order valence-corrected chi connectivity index (χ1v) is 9.26. The predicted molar refractivity (Wildman–Crippen MR) is 107 cm³/mol. The number of hydrogen-bond acceptors (Lipinski definition) is 4. The van der Waals surface area contributed by atoms with Gasteiger partial charge in [-0.2, -0.15) is 0 Å². The number of aromatic nitrogens is 4. The van der Waals surface area contributed by atoms with Gasteiger partial charge in [0, 0.05) is 45.7 Å². The van der Waals surface area contributed by atoms with Crippen molar-refractivity contribution in [2.45, 2.75) is 25.9 Å². The largest absolute Gasteiger partial charge is 0.341 e. The minimum atomic E-state index is -0.415. The summed E-state index contributed by atoms with van der Waals surface area (Å²) in [5, 5.41) is 0.661. The van der Waals surface area contributed by atoms with Gasteiger partial charge in [0.25, 0.3) is 5.56 Å². The van der Waals surface area contributed by atoms with Gasteiger partial charge in [-0.25, -0.2) is 9.78 Å². The fourth-order valence-corrected chi connectivity index (χ4v) is 3.24. The van der Waals surface area contributed by atoms with Crippen LogP contribution in [-0.2, 0) is 32.0 Å². The van der Waals surface area contributed by atoms with Crippen LogP contribution in [0.5, 0.6) is 0 Å². The highest BCUT2D eigenvalue weighted by Crippen LogP contribution is 2.12. The van der Waals surface area contributed by atoms with Crippen LogP contribution in [0.25, 0.3) is 11.2 Å². The van der Waals surface area contributed by atoms with Gasteiger partial charge in [-0.1, -0.05) is 23.7 Å². The Kier molecular flexibility index (Phi) is 5.69. The number of halogens is 1. The SMILES string of the molecule is CN(Cc1ccc(Cl)cc1)C(=O)CCCn1cnc2c1c(=O)n(C)c(=O)n2C. The molecule has 0 atom stereocenters. The van der Waals surface area contributed by atoms with Crippen molar-refractivity contribution in [3.63, 3.8) is 0 Å². The van der Waals surface area contributed by atoms with Crippen LogP contribution >= 0.6 is 11.6 Å². The quantitative estimate of drug-likeness (QED) is 0.625. The molecule has 0 fully saturated rings. The standard InChI is InChI=1S/C19H22ClN5O3/c1-22(11-13-6-8-14(20)9-7-13)15(26)5-4-10-25-12-21-17-16(25)18(27)24(3)19(28)23(17)2/h6-9,12H,4-5,10-11H2,1-3H3. The van der Waals surface area contributed by atoms with E-state index in [4.69, 9.17) is 11.6 Å². The molecule has 0 N–H and O–H groups in total. The molecule has 0 aliphatic rings. The maximum absolute atomic E-state index is 12.4. The Hall–Kier alpha value is -2.87. The predicted octanol–water partition coefficient (Wildman–Crippen LogP) is 1.53. The first kappa shape index (κ1) is 19.9. The van der Waals surface area contributed by atoms with E-state index >= 15 is 0 Å². The number of aryl methyl sites for hydroxylation is 2. The summed E-state index contributed by atoms with van der Waals surface area (Å²) in [4.78, 5) is 42.6. The molecule has 1 amide bonds. The zero-order valence-electron chi connectivity index (χ0n) is 16.1. The number of hydrogen-bond donors (Lipinski definition) is 0. The minimum absolute atomic E-state index is 0.0136. The van der Waals surface area contributed by atoms with Gasteiger partial charge in [0.1, 0.15) is 0 Å². The van der Waals surface area contributed by atoms with Gasteiger partial charge in [-0.3, -0.25) is 18.7 Å². The smallest absolute Gasteiger partial charge is 0.332 e. The highest BCUT2D eigenvalue weighted by molar-refractivity contribution is 6.30. The van der Waals surface area contributed by atoms with E-state index in [-0.39, 0.29) is 11.5 Å². The van der Waals surface area contributed by atoms with Gasteiger partial charge in [0.15, 0.2) is 11.2 Å². The second-order valence-corrected chi connectivity index (χ2v) is 7.23. The summed E-state index contributed by atoms with van der Waals surface area (Å²) < 4.78 is 4.10. The molecule has 1 aromatic carbocycles. The monoisotopic (exact) mass is 403 g/mol. The zero-order valence-corrected chi connectivity index (χ0v) is 16.8. The molecule has 9 heteroatoms. The van der Waals surface area contributed by atoms with Crippen LogP contribution in [0, 0.1) is 0 Å². The van der Waals surface area contributed by atoms with E-state index in [1.807, 2.05) is 12.1 Å². The van der Waals surface area contributed by atoms with Crippen LogP contribution < -0.4 is 11.2 Å². The average molecular weight is 404 g/mol. The van der Waals surface area contributed by atoms with E-state index in [2.05, 4.69) is 4.98 Å². The normalized spacial score (nSPS) is 11.1. The van der Waals surface area contributed by atoms with Crippen molar-refractivity contribution >= 4 is 28.7 Å². The van der Waals surface area contributed by atoms with Gasteiger partial charge >= 0.3 is 5.69 Å². The number of benzene rings is 1. The molecule has 3 aromatic rings. The number of amides is 1. The summed E-state index contributed by atoms with van der Waals surface area (Å²) in [5.74, 6) is 0.0136. The summed E-state index contributed by atoms with van der Waals surface area (Å²) in [7, 11) is 4.78. The fraction of sp³-hybridized carbons (Fsp3) is 0.368. The van der Waals surface area contributed by atoms with Crippen molar-refractivity contribution in [2.24, 2.45) is 14.1 Å². The molecule has 2 aromatic heterocycles. The Morgan fingerprint density at radius 3 is 2.50 bits per heavy atom. The van der Waals surface area contributed by atoms with Crippen molar-refractivity contribution in [1.82, 2.24) is 23.6 Å². The average Bonchev–Trinajstić information content (AvgIpc) is 3.10. The molecule has 0 spiro atoms. The summed E-state index contributed by atoms with van der Waals surface area (Å²) in [6, 6.07) is 7.38. The molecule has 8 nitrogen and oxygen atoms in total. The van der Waals surface area contributed by atoms with E-state index in [1.54, 1.807) is 35.7 Å².